The fraction of sp³-hybridized carbons (Fsp3) is 0.417. The first-order valence-electron chi connectivity index (χ1n) is 5.43. The zero-order valence-corrected chi connectivity index (χ0v) is 11.1. The van der Waals surface area contributed by atoms with Crippen LogP contribution in [0.15, 0.2) is 18.2 Å². The van der Waals surface area contributed by atoms with E-state index in [0.29, 0.717) is 0 Å². The number of rotatable bonds is 6. The highest BCUT2D eigenvalue weighted by molar-refractivity contribution is 6.30. The molecule has 0 bridgehead atoms. The minimum Gasteiger partial charge on any atom is -0.493 e. The van der Waals surface area contributed by atoms with E-state index < -0.39 is 18.0 Å². The number of ether oxygens (including phenoxy) is 3. The first kappa shape index (κ1) is 15.5. The van der Waals surface area contributed by atoms with Gasteiger partial charge in [-0.2, -0.15) is 8.78 Å². The molecule has 19 heavy (non-hydrogen) atoms. The molecule has 0 aromatic heterocycles. The van der Waals surface area contributed by atoms with E-state index in [4.69, 9.17) is 21.1 Å². The second-order valence-electron chi connectivity index (χ2n) is 3.40. The summed E-state index contributed by atoms with van der Waals surface area (Å²) in [4.78, 5) is 11.5. The third-order valence-electron chi connectivity index (χ3n) is 2.19. The first-order chi connectivity index (χ1) is 8.99. The Morgan fingerprint density at radius 1 is 1.37 bits per heavy atom. The van der Waals surface area contributed by atoms with Gasteiger partial charge in [0.1, 0.15) is 0 Å². The van der Waals surface area contributed by atoms with Crippen LogP contribution in [0.25, 0.3) is 0 Å². The fourth-order valence-electron chi connectivity index (χ4n) is 1.39. The third-order valence-corrected chi connectivity index (χ3v) is 2.62. The lowest BCUT2D eigenvalue weighted by Crippen LogP contribution is -2.11. The Kier molecular flexibility index (Phi) is 5.82. The Morgan fingerprint density at radius 3 is 2.58 bits per heavy atom. The Bertz CT molecular complexity index is 440. The summed E-state index contributed by atoms with van der Waals surface area (Å²) < 4.78 is 38.4. The summed E-state index contributed by atoms with van der Waals surface area (Å²) in [6.07, 6.45) is 0. The van der Waals surface area contributed by atoms with E-state index in [9.17, 15) is 13.6 Å². The second-order valence-corrected chi connectivity index (χ2v) is 3.84. The van der Waals surface area contributed by atoms with Crippen LogP contribution < -0.4 is 9.47 Å². The molecule has 0 amide bonds. The number of benzene rings is 1. The number of halogens is 3. The summed E-state index contributed by atoms with van der Waals surface area (Å²) in [6.45, 7) is -1.18. The number of methoxy groups -OCH3 is 1. The highest BCUT2D eigenvalue weighted by Gasteiger charge is 2.21. The minimum atomic E-state index is -3.00. The molecule has 106 valence electrons. The van der Waals surface area contributed by atoms with Crippen LogP contribution in [0, 0.1) is 0 Å². The minimum absolute atomic E-state index is 0.122. The van der Waals surface area contributed by atoms with Crippen molar-refractivity contribution < 1.29 is 27.8 Å². The van der Waals surface area contributed by atoms with E-state index in [-0.39, 0.29) is 23.7 Å². The Labute approximate surface area is 114 Å². The van der Waals surface area contributed by atoms with Crippen LogP contribution >= 0.6 is 11.6 Å². The van der Waals surface area contributed by atoms with Gasteiger partial charge in [0.2, 0.25) is 0 Å². The molecule has 1 unspecified atom stereocenters. The predicted molar refractivity (Wildman–Crippen MR) is 64.9 cm³/mol. The molecule has 0 aliphatic rings. The van der Waals surface area contributed by atoms with Crippen molar-refractivity contribution in [3.63, 3.8) is 0 Å². The molecule has 0 saturated heterocycles. The maximum absolute atomic E-state index is 12.2. The van der Waals surface area contributed by atoms with Crippen LogP contribution in [0.3, 0.4) is 0 Å². The summed E-state index contributed by atoms with van der Waals surface area (Å²) in [6, 6.07) is 4.09. The molecule has 0 radical (unpaired) electrons. The van der Waals surface area contributed by atoms with Gasteiger partial charge in [-0.3, -0.25) is 4.79 Å². The Hall–Kier alpha value is -1.56. The lowest BCUT2D eigenvalue weighted by atomic mass is 10.1. The zero-order valence-electron chi connectivity index (χ0n) is 10.4. The number of carbonyl (C=O) groups is 1. The molecule has 0 N–H and O–H groups in total. The summed E-state index contributed by atoms with van der Waals surface area (Å²) in [5.41, 5.74) is 0.288. The van der Waals surface area contributed by atoms with Gasteiger partial charge >= 0.3 is 12.6 Å². The molecule has 1 aromatic carbocycles. The molecular weight excluding hydrogens is 282 g/mol. The van der Waals surface area contributed by atoms with Gasteiger partial charge in [0.15, 0.2) is 16.9 Å². The molecule has 0 fully saturated rings. The van der Waals surface area contributed by atoms with Crippen LogP contribution in [0.2, 0.25) is 0 Å². The van der Waals surface area contributed by atoms with Crippen LogP contribution in [0.4, 0.5) is 8.78 Å². The quantitative estimate of drug-likeness (QED) is 0.597. The molecule has 1 rings (SSSR count). The number of hydrogen-bond acceptors (Lipinski definition) is 4. The molecule has 0 spiro atoms. The van der Waals surface area contributed by atoms with Crippen molar-refractivity contribution in [3.8, 4) is 11.5 Å². The Balaban J connectivity index is 2.99. The fourth-order valence-corrected chi connectivity index (χ4v) is 1.59. The largest absolute Gasteiger partial charge is 0.493 e. The normalized spacial score (nSPS) is 12.1. The van der Waals surface area contributed by atoms with Crippen LogP contribution in [-0.2, 0) is 9.53 Å². The maximum atomic E-state index is 12.2. The molecule has 1 atom stereocenters. The monoisotopic (exact) mass is 294 g/mol. The summed E-state index contributed by atoms with van der Waals surface area (Å²) in [7, 11) is 1.32. The Morgan fingerprint density at radius 2 is 2.05 bits per heavy atom. The standard InChI is InChI=1S/C12H13ClF2O4/c1-3-18-11(16)10(13)7-4-5-8(17-2)9(6-7)19-12(14)15/h4-6,10,12H,3H2,1-2H3. The SMILES string of the molecule is CCOC(=O)C(Cl)c1ccc(OC)c(OC(F)F)c1. The lowest BCUT2D eigenvalue weighted by molar-refractivity contribution is -0.142. The molecule has 0 aliphatic carbocycles. The molecule has 0 aliphatic heterocycles. The predicted octanol–water partition coefficient (Wildman–Crippen LogP) is 3.14. The molecule has 4 nitrogen and oxygen atoms in total. The van der Waals surface area contributed by atoms with E-state index in [2.05, 4.69) is 4.74 Å². The molecule has 7 heteroatoms. The van der Waals surface area contributed by atoms with Gasteiger partial charge in [-0.15, -0.1) is 11.6 Å². The average Bonchev–Trinajstić information content (AvgIpc) is 2.37. The van der Waals surface area contributed by atoms with Crippen molar-refractivity contribution in [1.29, 1.82) is 0 Å². The lowest BCUT2D eigenvalue weighted by Gasteiger charge is -2.13. The van der Waals surface area contributed by atoms with E-state index in [1.165, 1.54) is 25.3 Å². The number of esters is 1. The van der Waals surface area contributed by atoms with Gasteiger partial charge in [0, 0.05) is 0 Å². The van der Waals surface area contributed by atoms with Crippen LogP contribution in [0.1, 0.15) is 17.9 Å². The summed E-state index contributed by atoms with van der Waals surface area (Å²) in [5.74, 6) is -0.723. The molecular formula is C12H13ClF2O4. The molecule has 0 heterocycles. The van der Waals surface area contributed by atoms with Gasteiger partial charge in [-0.25, -0.2) is 0 Å². The van der Waals surface area contributed by atoms with Crippen molar-refractivity contribution in [2.45, 2.75) is 18.9 Å². The van der Waals surface area contributed by atoms with Crippen molar-refractivity contribution in [2.24, 2.45) is 0 Å². The summed E-state index contributed by atoms with van der Waals surface area (Å²) >= 11 is 5.88. The first-order valence-corrected chi connectivity index (χ1v) is 5.86. The number of hydrogen-bond donors (Lipinski definition) is 0. The summed E-state index contributed by atoms with van der Waals surface area (Å²) in [5, 5.41) is -1.09. The second kappa shape index (κ2) is 7.13. The van der Waals surface area contributed by atoms with Crippen LogP contribution in [-0.4, -0.2) is 26.3 Å². The highest BCUT2D eigenvalue weighted by Crippen LogP contribution is 2.33. The van der Waals surface area contributed by atoms with Crippen molar-refractivity contribution >= 4 is 17.6 Å². The van der Waals surface area contributed by atoms with E-state index in [1.807, 2.05) is 0 Å². The zero-order chi connectivity index (χ0) is 14.4. The van der Waals surface area contributed by atoms with E-state index in [1.54, 1.807) is 6.92 Å². The smallest absolute Gasteiger partial charge is 0.387 e. The average molecular weight is 295 g/mol. The van der Waals surface area contributed by atoms with Gasteiger partial charge in [0.25, 0.3) is 0 Å². The van der Waals surface area contributed by atoms with Crippen molar-refractivity contribution in [3.05, 3.63) is 23.8 Å². The highest BCUT2D eigenvalue weighted by atomic mass is 35.5. The van der Waals surface area contributed by atoms with Crippen molar-refractivity contribution in [2.75, 3.05) is 13.7 Å². The maximum Gasteiger partial charge on any atom is 0.387 e. The topological polar surface area (TPSA) is 44.8 Å². The molecule has 1 aromatic rings. The van der Waals surface area contributed by atoms with Crippen LogP contribution in [0.5, 0.6) is 11.5 Å². The van der Waals surface area contributed by atoms with Gasteiger partial charge < -0.3 is 14.2 Å². The van der Waals surface area contributed by atoms with Gasteiger partial charge in [0.05, 0.1) is 13.7 Å². The van der Waals surface area contributed by atoms with E-state index in [0.717, 1.165) is 0 Å². The molecule has 0 saturated carbocycles. The van der Waals surface area contributed by atoms with Gasteiger partial charge in [-0.1, -0.05) is 6.07 Å². The van der Waals surface area contributed by atoms with Crippen molar-refractivity contribution in [1.82, 2.24) is 0 Å². The van der Waals surface area contributed by atoms with Gasteiger partial charge in [-0.05, 0) is 24.6 Å². The number of carbonyl (C=O) groups excluding carboxylic acids is 1. The number of alkyl halides is 3. The van der Waals surface area contributed by atoms with E-state index >= 15 is 0 Å². The third kappa shape index (κ3) is 4.24.